The number of nitrogens with one attached hydrogen (secondary N) is 1. The number of morpholine rings is 1. The van der Waals surface area contributed by atoms with Crippen molar-refractivity contribution in [1.82, 2.24) is 14.9 Å². The minimum absolute atomic E-state index is 0.118. The van der Waals surface area contributed by atoms with Crippen molar-refractivity contribution in [3.63, 3.8) is 0 Å². The van der Waals surface area contributed by atoms with Crippen LogP contribution in [0.15, 0.2) is 23.0 Å². The van der Waals surface area contributed by atoms with Gasteiger partial charge in [-0.25, -0.2) is 4.98 Å². The highest BCUT2D eigenvalue weighted by molar-refractivity contribution is 7.11. The predicted octanol–water partition coefficient (Wildman–Crippen LogP) is 2.02. The van der Waals surface area contributed by atoms with Crippen LogP contribution in [0.3, 0.4) is 0 Å². The smallest absolute Gasteiger partial charge is 0.251 e. The van der Waals surface area contributed by atoms with Crippen molar-refractivity contribution in [3.05, 3.63) is 49.8 Å². The molecule has 1 fully saturated rings. The summed E-state index contributed by atoms with van der Waals surface area (Å²) in [5, 5.41) is 0. The van der Waals surface area contributed by atoms with Crippen molar-refractivity contribution in [3.8, 4) is 0 Å². The normalized spacial score (nSPS) is 19.8. The van der Waals surface area contributed by atoms with Gasteiger partial charge in [0.2, 0.25) is 0 Å². The molecule has 1 aliphatic heterocycles. The van der Waals surface area contributed by atoms with E-state index in [1.165, 1.54) is 15.8 Å². The fourth-order valence-electron chi connectivity index (χ4n) is 2.58. The van der Waals surface area contributed by atoms with Crippen LogP contribution in [0.25, 0.3) is 0 Å². The summed E-state index contributed by atoms with van der Waals surface area (Å²) in [6.45, 7) is 7.20. The van der Waals surface area contributed by atoms with E-state index in [0.717, 1.165) is 25.3 Å². The van der Waals surface area contributed by atoms with Crippen molar-refractivity contribution in [2.75, 3.05) is 19.7 Å². The number of aromatic nitrogens is 2. The van der Waals surface area contributed by atoms with Gasteiger partial charge in [-0.05, 0) is 26.0 Å². The van der Waals surface area contributed by atoms with E-state index in [1.807, 2.05) is 11.3 Å². The fourth-order valence-corrected chi connectivity index (χ4v) is 3.52. The van der Waals surface area contributed by atoms with Gasteiger partial charge in [0.15, 0.2) is 0 Å². The molecule has 0 aromatic carbocycles. The van der Waals surface area contributed by atoms with Crippen LogP contribution in [0.2, 0.25) is 0 Å². The molecular formula is C15H19N3O2S. The molecule has 1 aliphatic rings. The highest BCUT2D eigenvalue weighted by atomic mass is 32.1. The summed E-state index contributed by atoms with van der Waals surface area (Å²) in [4.78, 5) is 23.7. The van der Waals surface area contributed by atoms with Crippen LogP contribution >= 0.6 is 11.3 Å². The summed E-state index contributed by atoms with van der Waals surface area (Å²) in [6.07, 6.45) is -0.124. The number of ether oxygens (including phenoxy) is 1. The van der Waals surface area contributed by atoms with Gasteiger partial charge in [0.05, 0.1) is 12.3 Å². The zero-order chi connectivity index (χ0) is 14.8. The maximum Gasteiger partial charge on any atom is 0.251 e. The third-order valence-electron chi connectivity index (χ3n) is 3.54. The Morgan fingerprint density at radius 2 is 2.33 bits per heavy atom. The molecule has 5 nitrogen and oxygen atoms in total. The topological polar surface area (TPSA) is 58.2 Å². The molecule has 2 aromatic heterocycles. The van der Waals surface area contributed by atoms with Crippen molar-refractivity contribution in [2.45, 2.75) is 26.5 Å². The summed E-state index contributed by atoms with van der Waals surface area (Å²) < 4.78 is 5.79. The third kappa shape index (κ3) is 3.58. The van der Waals surface area contributed by atoms with E-state index in [-0.39, 0.29) is 11.7 Å². The number of aryl methyl sites for hydroxylation is 2. The van der Waals surface area contributed by atoms with Gasteiger partial charge in [-0.2, -0.15) is 0 Å². The Labute approximate surface area is 127 Å². The molecule has 0 radical (unpaired) electrons. The lowest BCUT2D eigenvalue weighted by Crippen LogP contribution is -2.38. The zero-order valence-electron chi connectivity index (χ0n) is 12.3. The molecule has 0 spiro atoms. The van der Waals surface area contributed by atoms with Gasteiger partial charge >= 0.3 is 0 Å². The standard InChI is InChI=1S/C15H19N3O2S/c1-10-3-4-12(21-10)8-18-5-6-20-14(9-18)13-7-15(19)17-11(2)16-13/h3-4,7,14H,5-6,8-9H2,1-2H3,(H,16,17,19). The van der Waals surface area contributed by atoms with E-state index in [4.69, 9.17) is 4.74 Å². The molecule has 1 saturated heterocycles. The molecule has 0 saturated carbocycles. The Morgan fingerprint density at radius 1 is 1.48 bits per heavy atom. The van der Waals surface area contributed by atoms with Crippen LogP contribution < -0.4 is 5.56 Å². The number of H-pyrrole nitrogens is 1. The van der Waals surface area contributed by atoms with Gasteiger partial charge in [0.25, 0.3) is 5.56 Å². The monoisotopic (exact) mass is 305 g/mol. The molecule has 1 unspecified atom stereocenters. The zero-order valence-corrected chi connectivity index (χ0v) is 13.1. The van der Waals surface area contributed by atoms with Gasteiger partial charge in [0, 0.05) is 35.5 Å². The largest absolute Gasteiger partial charge is 0.369 e. The molecule has 1 N–H and O–H groups in total. The van der Waals surface area contributed by atoms with Gasteiger partial charge in [0.1, 0.15) is 11.9 Å². The van der Waals surface area contributed by atoms with Crippen LogP contribution in [0.5, 0.6) is 0 Å². The molecule has 21 heavy (non-hydrogen) atoms. The molecule has 112 valence electrons. The summed E-state index contributed by atoms with van der Waals surface area (Å²) in [5.74, 6) is 0.632. The molecule has 3 heterocycles. The summed E-state index contributed by atoms with van der Waals surface area (Å²) in [7, 11) is 0. The minimum atomic E-state index is -0.124. The number of nitrogens with zero attached hydrogens (tertiary/aromatic N) is 2. The quantitative estimate of drug-likeness (QED) is 0.942. The van der Waals surface area contributed by atoms with E-state index in [9.17, 15) is 4.79 Å². The Kier molecular flexibility index (Phi) is 4.19. The van der Waals surface area contributed by atoms with Crippen molar-refractivity contribution < 1.29 is 4.74 Å². The summed E-state index contributed by atoms with van der Waals surface area (Å²) >= 11 is 1.83. The van der Waals surface area contributed by atoms with Crippen LogP contribution in [-0.2, 0) is 11.3 Å². The van der Waals surface area contributed by atoms with Crippen LogP contribution in [0.1, 0.15) is 27.4 Å². The third-order valence-corrected chi connectivity index (χ3v) is 4.52. The fraction of sp³-hybridized carbons (Fsp3) is 0.467. The van der Waals surface area contributed by atoms with Crippen LogP contribution in [-0.4, -0.2) is 34.6 Å². The Bertz CT molecular complexity index is 680. The van der Waals surface area contributed by atoms with E-state index in [0.29, 0.717) is 12.4 Å². The second kappa shape index (κ2) is 6.09. The molecule has 0 bridgehead atoms. The van der Waals surface area contributed by atoms with E-state index in [2.05, 4.69) is 33.9 Å². The first-order chi connectivity index (χ1) is 10.1. The lowest BCUT2D eigenvalue weighted by atomic mass is 10.2. The van der Waals surface area contributed by atoms with E-state index in [1.54, 1.807) is 6.92 Å². The second-order valence-corrected chi connectivity index (χ2v) is 6.74. The van der Waals surface area contributed by atoms with Crippen LogP contribution in [0.4, 0.5) is 0 Å². The second-order valence-electron chi connectivity index (χ2n) is 5.36. The van der Waals surface area contributed by atoms with Crippen molar-refractivity contribution >= 4 is 11.3 Å². The first kappa shape index (κ1) is 14.4. The number of hydrogen-bond donors (Lipinski definition) is 1. The Balaban J connectivity index is 1.71. The molecule has 6 heteroatoms. The van der Waals surface area contributed by atoms with Gasteiger partial charge in [-0.15, -0.1) is 11.3 Å². The van der Waals surface area contributed by atoms with Crippen molar-refractivity contribution in [2.24, 2.45) is 0 Å². The summed E-state index contributed by atoms with van der Waals surface area (Å²) in [6, 6.07) is 5.87. The molecular weight excluding hydrogens is 286 g/mol. The molecule has 3 rings (SSSR count). The molecule has 1 atom stereocenters. The van der Waals surface area contributed by atoms with Gasteiger partial charge in [-0.3, -0.25) is 9.69 Å². The SMILES string of the molecule is Cc1nc(C2CN(Cc3ccc(C)s3)CCO2)cc(=O)[nH]1. The summed E-state index contributed by atoms with van der Waals surface area (Å²) in [5.41, 5.74) is 0.607. The number of hydrogen-bond acceptors (Lipinski definition) is 5. The van der Waals surface area contributed by atoms with Gasteiger partial charge in [-0.1, -0.05) is 0 Å². The average molecular weight is 305 g/mol. The molecule has 2 aromatic rings. The van der Waals surface area contributed by atoms with Crippen LogP contribution in [0, 0.1) is 13.8 Å². The number of thiophene rings is 1. The Morgan fingerprint density at radius 3 is 3.05 bits per heavy atom. The highest BCUT2D eigenvalue weighted by Gasteiger charge is 2.24. The maximum atomic E-state index is 11.6. The molecule has 0 amide bonds. The number of aromatic amines is 1. The first-order valence-electron chi connectivity index (χ1n) is 7.07. The van der Waals surface area contributed by atoms with Gasteiger partial charge < -0.3 is 9.72 Å². The van der Waals surface area contributed by atoms with E-state index >= 15 is 0 Å². The average Bonchev–Trinajstić information content (AvgIpc) is 2.83. The number of rotatable bonds is 3. The predicted molar refractivity (Wildman–Crippen MR) is 82.6 cm³/mol. The minimum Gasteiger partial charge on any atom is -0.369 e. The maximum absolute atomic E-state index is 11.6. The lowest BCUT2D eigenvalue weighted by molar-refractivity contribution is -0.0348. The molecule has 0 aliphatic carbocycles. The highest BCUT2D eigenvalue weighted by Crippen LogP contribution is 2.23. The van der Waals surface area contributed by atoms with Crippen molar-refractivity contribution in [1.29, 1.82) is 0 Å². The lowest BCUT2D eigenvalue weighted by Gasteiger charge is -2.32. The Hall–Kier alpha value is -1.50. The van der Waals surface area contributed by atoms with E-state index < -0.39 is 0 Å². The first-order valence-corrected chi connectivity index (χ1v) is 7.89.